The molecule has 3 atom stereocenters. The van der Waals surface area contributed by atoms with Gasteiger partial charge in [0.2, 0.25) is 0 Å². The van der Waals surface area contributed by atoms with Gasteiger partial charge in [0.25, 0.3) is 11.9 Å². The molecule has 156 valence electrons. The summed E-state index contributed by atoms with van der Waals surface area (Å²) in [4.78, 5) is 23.8. The predicted octanol–water partition coefficient (Wildman–Crippen LogP) is 1.62. The van der Waals surface area contributed by atoms with E-state index >= 15 is 0 Å². The van der Waals surface area contributed by atoms with Gasteiger partial charge in [0.1, 0.15) is 6.61 Å². The Morgan fingerprint density at radius 3 is 2.29 bits per heavy atom. The monoisotopic (exact) mass is 394 g/mol. The van der Waals surface area contributed by atoms with Crippen LogP contribution in [0.5, 0.6) is 11.5 Å². The molecule has 0 radical (unpaired) electrons. The topological polar surface area (TPSA) is 111 Å². The van der Waals surface area contributed by atoms with Gasteiger partial charge in [-0.25, -0.2) is 0 Å². The van der Waals surface area contributed by atoms with Crippen LogP contribution in [-0.4, -0.2) is 68.4 Å². The smallest absolute Gasteiger partial charge is 0.300 e. The van der Waals surface area contributed by atoms with E-state index in [4.69, 9.17) is 29.8 Å². The highest BCUT2D eigenvalue weighted by Crippen LogP contribution is 2.39. The van der Waals surface area contributed by atoms with E-state index in [0.717, 1.165) is 32.9 Å². The van der Waals surface area contributed by atoms with Crippen molar-refractivity contribution in [3.63, 3.8) is 0 Å². The molecule has 1 aromatic rings. The molecule has 2 bridgehead atoms. The van der Waals surface area contributed by atoms with Crippen molar-refractivity contribution in [1.29, 1.82) is 0 Å². The van der Waals surface area contributed by atoms with Crippen molar-refractivity contribution in [2.75, 3.05) is 40.5 Å². The maximum absolute atomic E-state index is 12.9. The summed E-state index contributed by atoms with van der Waals surface area (Å²) in [6.07, 6.45) is 2.58. The number of ether oxygens (including phenoxy) is 3. The van der Waals surface area contributed by atoms with Crippen molar-refractivity contribution in [1.82, 2.24) is 4.90 Å². The molecule has 1 aliphatic carbocycles. The lowest BCUT2D eigenvalue weighted by atomic mass is 9.94. The fourth-order valence-electron chi connectivity index (χ4n) is 3.99. The van der Waals surface area contributed by atoms with Crippen LogP contribution in [0.15, 0.2) is 18.2 Å². The minimum atomic E-state index is -0.833. The van der Waals surface area contributed by atoms with Gasteiger partial charge in [-0.3, -0.25) is 9.59 Å². The van der Waals surface area contributed by atoms with Gasteiger partial charge in [0.05, 0.1) is 13.2 Å². The first-order chi connectivity index (χ1) is 13.4. The molecule has 3 rings (SSSR count). The molecule has 1 aliphatic heterocycles. The lowest BCUT2D eigenvalue weighted by Crippen LogP contribution is -2.48. The van der Waals surface area contributed by atoms with E-state index in [1.807, 2.05) is 4.90 Å². The zero-order valence-corrected chi connectivity index (χ0v) is 16.7. The Labute approximate surface area is 165 Å². The first-order valence-corrected chi connectivity index (χ1v) is 9.43. The zero-order chi connectivity index (χ0) is 20.7. The lowest BCUT2D eigenvalue weighted by Gasteiger charge is -2.37. The number of nitrogens with two attached hydrogens (primary N) is 1. The standard InChI is InChI=1S/C18H26N2O4.C2H4O2/c1-22-16-9-12(5-6-15(16)24-8-7-19)18(21)20-10-13-3-4-14(11-20)17(13)23-2;1-2(3)4/h5-6,9,13-14,17H,3-4,7-8,10-11,19H2,1-2H3;1H3,(H,3,4)/t13-,14+,17?;. The Kier molecular flexibility index (Phi) is 8.07. The maximum Gasteiger partial charge on any atom is 0.300 e. The number of amides is 1. The van der Waals surface area contributed by atoms with E-state index in [1.165, 1.54) is 0 Å². The summed E-state index contributed by atoms with van der Waals surface area (Å²) in [5, 5.41) is 7.42. The number of carboxylic acids is 1. The fourth-order valence-corrected chi connectivity index (χ4v) is 3.99. The average Bonchev–Trinajstić information content (AvgIpc) is 2.92. The minimum absolute atomic E-state index is 0.0464. The number of carboxylic acid groups (broad SMARTS) is 1. The summed E-state index contributed by atoms with van der Waals surface area (Å²) in [6, 6.07) is 5.32. The number of fused-ring (bicyclic) bond motifs is 2. The highest BCUT2D eigenvalue weighted by atomic mass is 16.5. The predicted molar refractivity (Wildman–Crippen MR) is 104 cm³/mol. The van der Waals surface area contributed by atoms with E-state index in [0.29, 0.717) is 48.2 Å². The van der Waals surface area contributed by atoms with Crippen LogP contribution in [0.3, 0.4) is 0 Å². The van der Waals surface area contributed by atoms with Crippen molar-refractivity contribution in [3.05, 3.63) is 23.8 Å². The Morgan fingerprint density at radius 1 is 1.18 bits per heavy atom. The third kappa shape index (κ3) is 5.36. The van der Waals surface area contributed by atoms with Crippen LogP contribution in [0.4, 0.5) is 0 Å². The van der Waals surface area contributed by atoms with Gasteiger partial charge >= 0.3 is 0 Å². The highest BCUT2D eigenvalue weighted by Gasteiger charge is 2.43. The number of likely N-dealkylation sites (tertiary alicyclic amines) is 1. The number of nitrogens with zero attached hydrogens (tertiary/aromatic N) is 1. The number of benzene rings is 1. The minimum Gasteiger partial charge on any atom is -0.493 e. The van der Waals surface area contributed by atoms with Crippen LogP contribution >= 0.6 is 0 Å². The van der Waals surface area contributed by atoms with Crippen molar-refractivity contribution in [2.24, 2.45) is 17.6 Å². The van der Waals surface area contributed by atoms with Gasteiger partial charge < -0.3 is 30.0 Å². The zero-order valence-electron chi connectivity index (χ0n) is 16.7. The number of carbonyl (C=O) groups is 2. The van der Waals surface area contributed by atoms with E-state index in [1.54, 1.807) is 32.4 Å². The van der Waals surface area contributed by atoms with E-state index in [2.05, 4.69) is 0 Å². The second-order valence-electron chi connectivity index (χ2n) is 7.03. The third-order valence-electron chi connectivity index (χ3n) is 5.09. The molecule has 28 heavy (non-hydrogen) atoms. The van der Waals surface area contributed by atoms with E-state index in [9.17, 15) is 4.79 Å². The van der Waals surface area contributed by atoms with Gasteiger partial charge in [-0.1, -0.05) is 0 Å². The normalized spacial score (nSPS) is 22.9. The van der Waals surface area contributed by atoms with Crippen molar-refractivity contribution >= 4 is 11.9 Å². The van der Waals surface area contributed by atoms with Crippen LogP contribution in [-0.2, 0) is 9.53 Å². The highest BCUT2D eigenvalue weighted by molar-refractivity contribution is 5.95. The number of hydrogen-bond acceptors (Lipinski definition) is 6. The van der Waals surface area contributed by atoms with E-state index in [-0.39, 0.29) is 5.91 Å². The number of rotatable bonds is 6. The molecule has 1 unspecified atom stereocenters. The molecule has 8 heteroatoms. The van der Waals surface area contributed by atoms with Crippen LogP contribution in [0.1, 0.15) is 30.1 Å². The molecular weight excluding hydrogens is 364 g/mol. The molecule has 2 fully saturated rings. The third-order valence-corrected chi connectivity index (χ3v) is 5.09. The number of piperidine rings is 1. The second-order valence-corrected chi connectivity index (χ2v) is 7.03. The summed E-state index contributed by atoms with van der Waals surface area (Å²) < 4.78 is 16.5. The van der Waals surface area contributed by atoms with Crippen LogP contribution in [0.25, 0.3) is 0 Å². The number of aliphatic carboxylic acids is 1. The van der Waals surface area contributed by atoms with Gasteiger partial charge in [-0.2, -0.15) is 0 Å². The Hall–Kier alpha value is -2.32. The maximum atomic E-state index is 12.9. The first-order valence-electron chi connectivity index (χ1n) is 9.43. The van der Waals surface area contributed by atoms with E-state index < -0.39 is 5.97 Å². The molecule has 3 N–H and O–H groups in total. The van der Waals surface area contributed by atoms with Crippen LogP contribution < -0.4 is 15.2 Å². The number of carbonyl (C=O) groups excluding carboxylic acids is 1. The fraction of sp³-hybridized carbons (Fsp3) is 0.600. The SMILES string of the molecule is CC(=O)O.COc1cc(C(=O)N2C[C@H]3CC[C@@H](C2)C3OC)ccc1OCCN. The molecule has 1 saturated carbocycles. The van der Waals surface area contributed by atoms with Gasteiger partial charge in [0.15, 0.2) is 11.5 Å². The Morgan fingerprint density at radius 2 is 1.79 bits per heavy atom. The number of methoxy groups -OCH3 is 2. The second kappa shape index (κ2) is 10.3. The molecule has 1 saturated heterocycles. The van der Waals surface area contributed by atoms with Crippen LogP contribution in [0.2, 0.25) is 0 Å². The average molecular weight is 394 g/mol. The summed E-state index contributed by atoms with van der Waals surface area (Å²) in [5.74, 6) is 1.28. The van der Waals surface area contributed by atoms with Crippen molar-refractivity contribution < 1.29 is 28.9 Å². The molecule has 2 aliphatic rings. The Balaban J connectivity index is 0.000000640. The molecule has 1 amide bonds. The quantitative estimate of drug-likeness (QED) is 0.754. The largest absolute Gasteiger partial charge is 0.493 e. The van der Waals surface area contributed by atoms with Gasteiger partial charge in [-0.05, 0) is 31.0 Å². The molecular formula is C20H30N2O6. The molecule has 0 spiro atoms. The summed E-state index contributed by atoms with van der Waals surface area (Å²) in [7, 11) is 3.35. The molecule has 8 nitrogen and oxygen atoms in total. The van der Waals surface area contributed by atoms with Gasteiger partial charge in [0, 0.05) is 51.1 Å². The van der Waals surface area contributed by atoms with Crippen LogP contribution in [0, 0.1) is 11.8 Å². The van der Waals surface area contributed by atoms with Gasteiger partial charge in [-0.15, -0.1) is 0 Å². The van der Waals surface area contributed by atoms with Crippen molar-refractivity contribution in [2.45, 2.75) is 25.9 Å². The summed E-state index contributed by atoms with van der Waals surface area (Å²) in [6.45, 7) is 3.46. The Bertz CT molecular complexity index is 663. The molecule has 0 aromatic heterocycles. The molecule has 1 aromatic carbocycles. The first kappa shape index (κ1) is 22.0. The summed E-state index contributed by atoms with van der Waals surface area (Å²) >= 11 is 0. The number of hydrogen-bond donors (Lipinski definition) is 2. The lowest BCUT2D eigenvalue weighted by molar-refractivity contribution is -0.134. The molecule has 1 heterocycles. The summed E-state index contributed by atoms with van der Waals surface area (Å²) in [5.41, 5.74) is 6.09. The van der Waals surface area contributed by atoms with Crippen molar-refractivity contribution in [3.8, 4) is 11.5 Å².